The molecule has 1 aliphatic heterocycles. The lowest BCUT2D eigenvalue weighted by atomic mass is 10.0. The highest BCUT2D eigenvalue weighted by atomic mass is 15.3. The molecule has 2 heterocycles. The van der Waals surface area contributed by atoms with E-state index >= 15 is 0 Å². The summed E-state index contributed by atoms with van der Waals surface area (Å²) >= 11 is 0. The smallest absolute Gasteiger partial charge is 0.0657 e. The molecule has 0 amide bonds. The van der Waals surface area contributed by atoms with Crippen molar-refractivity contribution in [2.24, 2.45) is 0 Å². The predicted molar refractivity (Wildman–Crippen MR) is 52.7 cm³/mol. The van der Waals surface area contributed by atoms with Crippen LogP contribution in [0.5, 0.6) is 0 Å². The lowest BCUT2D eigenvalue weighted by Gasteiger charge is -2.14. The second-order valence-corrected chi connectivity index (χ2v) is 3.47. The first-order chi connectivity index (χ1) is 6.36. The van der Waals surface area contributed by atoms with Crippen LogP contribution in [0.2, 0.25) is 0 Å². The summed E-state index contributed by atoms with van der Waals surface area (Å²) in [4.78, 5) is 0. The van der Waals surface area contributed by atoms with Crippen LogP contribution in [0.25, 0.3) is 0 Å². The molecule has 0 spiro atoms. The number of nitrogens with zero attached hydrogens (tertiary/aromatic N) is 2. The van der Waals surface area contributed by atoms with Crippen LogP contribution in [0, 0.1) is 0 Å². The van der Waals surface area contributed by atoms with Crippen LogP contribution >= 0.6 is 0 Å². The zero-order chi connectivity index (χ0) is 9.26. The second-order valence-electron chi connectivity index (χ2n) is 3.47. The van der Waals surface area contributed by atoms with Gasteiger partial charge in [-0.15, -0.1) is 0 Å². The topological polar surface area (TPSA) is 29.9 Å². The van der Waals surface area contributed by atoms with E-state index in [9.17, 15) is 0 Å². The Kier molecular flexibility index (Phi) is 2.36. The van der Waals surface area contributed by atoms with Gasteiger partial charge in [0, 0.05) is 13.1 Å². The summed E-state index contributed by atoms with van der Waals surface area (Å²) in [7, 11) is 0. The van der Waals surface area contributed by atoms with Crippen molar-refractivity contribution in [3.63, 3.8) is 0 Å². The summed E-state index contributed by atoms with van der Waals surface area (Å²) in [5.41, 5.74) is 4.21. The molecular formula is C10H17N3. The van der Waals surface area contributed by atoms with E-state index in [-0.39, 0.29) is 0 Å². The van der Waals surface area contributed by atoms with Crippen LogP contribution in [0.15, 0.2) is 0 Å². The fraction of sp³-hybridized carbons (Fsp3) is 0.700. The van der Waals surface area contributed by atoms with E-state index in [1.807, 2.05) is 0 Å². The monoisotopic (exact) mass is 179 g/mol. The highest BCUT2D eigenvalue weighted by Crippen LogP contribution is 2.18. The molecule has 0 saturated heterocycles. The third-order valence-electron chi connectivity index (χ3n) is 2.73. The van der Waals surface area contributed by atoms with Gasteiger partial charge in [-0.2, -0.15) is 5.10 Å². The molecule has 0 saturated carbocycles. The van der Waals surface area contributed by atoms with Crippen molar-refractivity contribution in [3.8, 4) is 0 Å². The Labute approximate surface area is 79.1 Å². The van der Waals surface area contributed by atoms with Crippen LogP contribution in [0.3, 0.4) is 0 Å². The van der Waals surface area contributed by atoms with Gasteiger partial charge in [0.05, 0.1) is 11.4 Å². The Balaban J connectivity index is 2.44. The molecule has 0 aromatic carbocycles. The third-order valence-corrected chi connectivity index (χ3v) is 2.73. The second kappa shape index (κ2) is 3.50. The molecule has 0 radical (unpaired) electrons. The van der Waals surface area contributed by atoms with Gasteiger partial charge in [-0.3, -0.25) is 4.68 Å². The van der Waals surface area contributed by atoms with E-state index in [1.165, 1.54) is 17.0 Å². The van der Waals surface area contributed by atoms with Crippen LogP contribution in [0.4, 0.5) is 0 Å². The molecule has 0 bridgehead atoms. The van der Waals surface area contributed by atoms with Gasteiger partial charge in [-0.25, -0.2) is 0 Å². The number of aryl methyl sites for hydroxylation is 2. The number of fused-ring (bicyclic) bond motifs is 1. The van der Waals surface area contributed by atoms with Crippen molar-refractivity contribution in [1.82, 2.24) is 15.1 Å². The molecule has 72 valence electrons. The minimum absolute atomic E-state index is 0.990. The van der Waals surface area contributed by atoms with Gasteiger partial charge in [-0.05, 0) is 31.9 Å². The van der Waals surface area contributed by atoms with Crippen molar-refractivity contribution in [1.29, 1.82) is 0 Å². The molecule has 0 atom stereocenters. The molecule has 1 aliphatic rings. The molecule has 2 rings (SSSR count). The van der Waals surface area contributed by atoms with E-state index in [4.69, 9.17) is 0 Å². The SMILES string of the molecule is CCc1nn(CC)c2c1CCNC2. The lowest BCUT2D eigenvalue weighted by molar-refractivity contribution is 0.559. The van der Waals surface area contributed by atoms with Crippen LogP contribution < -0.4 is 5.32 Å². The van der Waals surface area contributed by atoms with Crippen LogP contribution in [-0.4, -0.2) is 16.3 Å². The fourth-order valence-electron chi connectivity index (χ4n) is 2.04. The van der Waals surface area contributed by atoms with Gasteiger partial charge in [-0.1, -0.05) is 6.92 Å². The number of aromatic nitrogens is 2. The average molecular weight is 179 g/mol. The predicted octanol–water partition coefficient (Wildman–Crippen LogP) is 1.11. The average Bonchev–Trinajstić information content (AvgIpc) is 2.56. The summed E-state index contributed by atoms with van der Waals surface area (Å²) in [5.74, 6) is 0. The largest absolute Gasteiger partial charge is 0.311 e. The number of hydrogen-bond acceptors (Lipinski definition) is 2. The minimum atomic E-state index is 0.990. The maximum atomic E-state index is 4.61. The zero-order valence-electron chi connectivity index (χ0n) is 8.43. The third kappa shape index (κ3) is 1.37. The Hall–Kier alpha value is -0.830. The summed E-state index contributed by atoms with van der Waals surface area (Å²) in [6.45, 7) is 7.43. The van der Waals surface area contributed by atoms with Gasteiger partial charge in [0.1, 0.15) is 0 Å². The Morgan fingerprint density at radius 3 is 3.00 bits per heavy atom. The van der Waals surface area contributed by atoms with Gasteiger partial charge in [0.15, 0.2) is 0 Å². The van der Waals surface area contributed by atoms with E-state index in [1.54, 1.807) is 0 Å². The Morgan fingerprint density at radius 1 is 1.46 bits per heavy atom. The molecule has 0 aliphatic carbocycles. The molecule has 0 unspecified atom stereocenters. The van der Waals surface area contributed by atoms with E-state index in [2.05, 4.69) is 28.9 Å². The highest BCUT2D eigenvalue weighted by molar-refractivity contribution is 5.28. The maximum absolute atomic E-state index is 4.61. The summed E-state index contributed by atoms with van der Waals surface area (Å²) < 4.78 is 2.14. The summed E-state index contributed by atoms with van der Waals surface area (Å²) in [5, 5.41) is 8.00. The molecule has 0 fully saturated rings. The summed E-state index contributed by atoms with van der Waals surface area (Å²) in [6.07, 6.45) is 2.22. The standard InChI is InChI=1S/C10H17N3/c1-3-9-8-5-6-11-7-10(8)13(4-2)12-9/h11H,3-7H2,1-2H3. The van der Waals surface area contributed by atoms with Gasteiger partial charge in [0.25, 0.3) is 0 Å². The Morgan fingerprint density at radius 2 is 2.31 bits per heavy atom. The Bertz CT molecular complexity index is 273. The van der Waals surface area contributed by atoms with Crippen molar-refractivity contribution >= 4 is 0 Å². The van der Waals surface area contributed by atoms with E-state index in [0.717, 1.165) is 32.5 Å². The van der Waals surface area contributed by atoms with E-state index in [0.29, 0.717) is 0 Å². The molecule has 3 nitrogen and oxygen atoms in total. The highest BCUT2D eigenvalue weighted by Gasteiger charge is 2.18. The van der Waals surface area contributed by atoms with Gasteiger partial charge >= 0.3 is 0 Å². The molecule has 1 N–H and O–H groups in total. The van der Waals surface area contributed by atoms with Crippen molar-refractivity contribution in [2.75, 3.05) is 6.54 Å². The molecule has 13 heavy (non-hydrogen) atoms. The first kappa shape index (κ1) is 8.75. The normalized spacial score (nSPS) is 15.8. The minimum Gasteiger partial charge on any atom is -0.311 e. The molecular weight excluding hydrogens is 162 g/mol. The number of hydrogen-bond donors (Lipinski definition) is 1. The van der Waals surface area contributed by atoms with Gasteiger partial charge < -0.3 is 5.32 Å². The van der Waals surface area contributed by atoms with Crippen molar-refractivity contribution < 1.29 is 0 Å². The van der Waals surface area contributed by atoms with Crippen LogP contribution in [0.1, 0.15) is 30.8 Å². The maximum Gasteiger partial charge on any atom is 0.0657 e. The fourth-order valence-corrected chi connectivity index (χ4v) is 2.04. The zero-order valence-corrected chi connectivity index (χ0v) is 8.43. The molecule has 1 aromatic heterocycles. The number of nitrogens with one attached hydrogen (secondary N) is 1. The van der Waals surface area contributed by atoms with Crippen LogP contribution in [-0.2, 0) is 25.9 Å². The summed E-state index contributed by atoms with van der Waals surface area (Å²) in [6, 6.07) is 0. The molecule has 3 heteroatoms. The quantitative estimate of drug-likeness (QED) is 0.737. The van der Waals surface area contributed by atoms with Crippen molar-refractivity contribution in [3.05, 3.63) is 17.0 Å². The van der Waals surface area contributed by atoms with E-state index < -0.39 is 0 Å². The lowest BCUT2D eigenvalue weighted by Crippen LogP contribution is -2.25. The first-order valence-electron chi connectivity index (χ1n) is 5.15. The van der Waals surface area contributed by atoms with Gasteiger partial charge in [0.2, 0.25) is 0 Å². The first-order valence-corrected chi connectivity index (χ1v) is 5.15. The number of rotatable bonds is 2. The van der Waals surface area contributed by atoms with Crippen molar-refractivity contribution in [2.45, 2.75) is 39.8 Å². The molecule has 1 aromatic rings.